The average molecular weight is 391 g/mol. The van der Waals surface area contributed by atoms with Gasteiger partial charge in [0, 0.05) is 17.2 Å². The van der Waals surface area contributed by atoms with Crippen LogP contribution >= 0.6 is 22.9 Å². The Bertz CT molecular complexity index is 956. The van der Waals surface area contributed by atoms with Crippen molar-refractivity contribution in [1.29, 1.82) is 0 Å². The zero-order chi connectivity index (χ0) is 18.1. The van der Waals surface area contributed by atoms with Crippen LogP contribution in [0.1, 0.15) is 23.2 Å². The standard InChI is InChI=1S/C19H16ClFN2O2S/c20-13-6-7-16-17(10-13)26-19(22-16)23(11-15-5-2-8-25-15)18(24)12-3-1-4-14(21)9-12/h1,3-4,6-7,9-10,15H,2,5,8,11H2. The zero-order valence-corrected chi connectivity index (χ0v) is 15.4. The molecule has 1 aliphatic rings. The van der Waals surface area contributed by atoms with Crippen molar-refractivity contribution in [3.05, 3.63) is 58.9 Å². The van der Waals surface area contributed by atoms with Gasteiger partial charge in [0.2, 0.25) is 0 Å². The molecule has 2 heterocycles. The SMILES string of the molecule is O=C(c1cccc(F)c1)N(CC1CCCO1)c1nc2ccc(Cl)cc2s1. The molecular formula is C19H16ClFN2O2S. The summed E-state index contributed by atoms with van der Waals surface area (Å²) in [5.74, 6) is -0.728. The highest BCUT2D eigenvalue weighted by Gasteiger charge is 2.27. The van der Waals surface area contributed by atoms with E-state index in [0.29, 0.717) is 28.9 Å². The van der Waals surface area contributed by atoms with Crippen LogP contribution in [-0.4, -0.2) is 30.1 Å². The Morgan fingerprint density at radius 1 is 1.35 bits per heavy atom. The second kappa shape index (κ2) is 7.31. The fraction of sp³-hybridized carbons (Fsp3) is 0.263. The third-order valence-corrected chi connectivity index (χ3v) is 5.57. The highest BCUT2D eigenvalue weighted by Crippen LogP contribution is 2.32. The maximum Gasteiger partial charge on any atom is 0.260 e. The third kappa shape index (κ3) is 3.58. The molecule has 1 aliphatic heterocycles. The van der Waals surface area contributed by atoms with E-state index in [1.54, 1.807) is 17.0 Å². The molecular weight excluding hydrogens is 375 g/mol. The fourth-order valence-electron chi connectivity index (χ4n) is 3.02. The summed E-state index contributed by atoms with van der Waals surface area (Å²) in [6, 6.07) is 11.1. The minimum atomic E-state index is -0.441. The summed E-state index contributed by atoms with van der Waals surface area (Å²) in [4.78, 5) is 19.2. The Labute approximate surface area is 159 Å². The molecule has 0 bridgehead atoms. The first-order chi connectivity index (χ1) is 12.6. The lowest BCUT2D eigenvalue weighted by Crippen LogP contribution is -2.37. The molecule has 3 aromatic rings. The molecule has 2 aromatic carbocycles. The number of halogens is 2. The van der Waals surface area contributed by atoms with Crippen LogP contribution in [0.15, 0.2) is 42.5 Å². The number of carbonyl (C=O) groups excluding carboxylic acids is 1. The molecule has 26 heavy (non-hydrogen) atoms. The van der Waals surface area contributed by atoms with E-state index in [4.69, 9.17) is 16.3 Å². The summed E-state index contributed by atoms with van der Waals surface area (Å²) in [5, 5.41) is 1.18. The van der Waals surface area contributed by atoms with E-state index in [1.165, 1.54) is 29.5 Å². The number of fused-ring (bicyclic) bond motifs is 1. The number of amides is 1. The van der Waals surface area contributed by atoms with Crippen molar-refractivity contribution in [2.45, 2.75) is 18.9 Å². The van der Waals surface area contributed by atoms with Crippen molar-refractivity contribution in [1.82, 2.24) is 4.98 Å². The molecule has 1 aromatic heterocycles. The predicted molar refractivity (Wildman–Crippen MR) is 102 cm³/mol. The van der Waals surface area contributed by atoms with Crippen LogP contribution in [0.5, 0.6) is 0 Å². The molecule has 1 saturated heterocycles. The highest BCUT2D eigenvalue weighted by molar-refractivity contribution is 7.22. The Hall–Kier alpha value is -2.02. The topological polar surface area (TPSA) is 42.4 Å². The van der Waals surface area contributed by atoms with Crippen LogP contribution in [0.4, 0.5) is 9.52 Å². The normalized spacial score (nSPS) is 16.9. The molecule has 4 rings (SSSR count). The Morgan fingerprint density at radius 2 is 2.23 bits per heavy atom. The maximum absolute atomic E-state index is 13.6. The van der Waals surface area contributed by atoms with E-state index in [-0.39, 0.29) is 12.0 Å². The molecule has 1 amide bonds. The number of benzene rings is 2. The van der Waals surface area contributed by atoms with Crippen molar-refractivity contribution in [2.75, 3.05) is 18.1 Å². The summed E-state index contributed by atoms with van der Waals surface area (Å²) in [6.45, 7) is 1.09. The van der Waals surface area contributed by atoms with E-state index in [2.05, 4.69) is 4.98 Å². The van der Waals surface area contributed by atoms with Gasteiger partial charge in [-0.2, -0.15) is 0 Å². The van der Waals surface area contributed by atoms with E-state index in [9.17, 15) is 9.18 Å². The van der Waals surface area contributed by atoms with Crippen molar-refractivity contribution in [3.63, 3.8) is 0 Å². The van der Waals surface area contributed by atoms with Gasteiger partial charge in [-0.05, 0) is 49.2 Å². The Kier molecular flexibility index (Phi) is 4.89. The number of rotatable bonds is 4. The van der Waals surface area contributed by atoms with Crippen LogP contribution in [0.2, 0.25) is 5.02 Å². The van der Waals surface area contributed by atoms with E-state index in [1.807, 2.05) is 12.1 Å². The molecule has 0 radical (unpaired) electrons. The van der Waals surface area contributed by atoms with Gasteiger partial charge in [-0.1, -0.05) is 29.0 Å². The largest absolute Gasteiger partial charge is 0.376 e. The summed E-state index contributed by atoms with van der Waals surface area (Å²) >= 11 is 7.45. The zero-order valence-electron chi connectivity index (χ0n) is 13.8. The highest BCUT2D eigenvalue weighted by atomic mass is 35.5. The first-order valence-electron chi connectivity index (χ1n) is 8.35. The number of thiazole rings is 1. The lowest BCUT2D eigenvalue weighted by Gasteiger charge is -2.23. The molecule has 1 unspecified atom stereocenters. The van der Waals surface area contributed by atoms with Crippen LogP contribution in [0, 0.1) is 5.82 Å². The van der Waals surface area contributed by atoms with Crippen LogP contribution in [0.3, 0.4) is 0 Å². The average Bonchev–Trinajstić information content (AvgIpc) is 3.28. The predicted octanol–water partition coefficient (Wildman–Crippen LogP) is 4.91. The summed E-state index contributed by atoms with van der Waals surface area (Å²) in [7, 11) is 0. The first-order valence-corrected chi connectivity index (χ1v) is 9.55. The fourth-order valence-corrected chi connectivity index (χ4v) is 4.27. The first kappa shape index (κ1) is 17.4. The molecule has 4 nitrogen and oxygen atoms in total. The van der Waals surface area contributed by atoms with Gasteiger partial charge >= 0.3 is 0 Å². The van der Waals surface area contributed by atoms with Gasteiger partial charge in [-0.3, -0.25) is 9.69 Å². The van der Waals surface area contributed by atoms with Crippen molar-refractivity contribution < 1.29 is 13.9 Å². The number of ether oxygens (including phenoxy) is 1. The second-order valence-corrected chi connectivity index (χ2v) is 7.62. The molecule has 1 atom stereocenters. The number of nitrogens with zero attached hydrogens (tertiary/aromatic N) is 2. The van der Waals surface area contributed by atoms with Gasteiger partial charge in [-0.25, -0.2) is 9.37 Å². The van der Waals surface area contributed by atoms with Crippen molar-refractivity contribution >= 4 is 44.2 Å². The lowest BCUT2D eigenvalue weighted by atomic mass is 10.1. The quantitative estimate of drug-likeness (QED) is 0.635. The minimum Gasteiger partial charge on any atom is -0.376 e. The van der Waals surface area contributed by atoms with Gasteiger partial charge in [0.15, 0.2) is 5.13 Å². The van der Waals surface area contributed by atoms with Crippen LogP contribution in [0.25, 0.3) is 10.2 Å². The van der Waals surface area contributed by atoms with Gasteiger partial charge < -0.3 is 4.74 Å². The maximum atomic E-state index is 13.6. The molecule has 0 aliphatic carbocycles. The molecule has 0 spiro atoms. The van der Waals surface area contributed by atoms with Gasteiger partial charge in [0.1, 0.15) is 5.82 Å². The molecule has 0 N–H and O–H groups in total. The number of aromatic nitrogens is 1. The van der Waals surface area contributed by atoms with Gasteiger partial charge in [0.05, 0.1) is 22.9 Å². The number of carbonyl (C=O) groups is 1. The number of hydrogen-bond acceptors (Lipinski definition) is 4. The summed E-state index contributed by atoms with van der Waals surface area (Å²) < 4.78 is 20.2. The third-order valence-electron chi connectivity index (χ3n) is 4.30. The summed E-state index contributed by atoms with van der Waals surface area (Å²) in [5.41, 5.74) is 1.07. The molecule has 1 fully saturated rings. The van der Waals surface area contributed by atoms with E-state index >= 15 is 0 Å². The van der Waals surface area contributed by atoms with Crippen LogP contribution in [-0.2, 0) is 4.74 Å². The van der Waals surface area contributed by atoms with E-state index < -0.39 is 5.82 Å². The number of anilines is 1. The van der Waals surface area contributed by atoms with Crippen molar-refractivity contribution in [2.24, 2.45) is 0 Å². The minimum absolute atomic E-state index is 0.0388. The number of hydrogen-bond donors (Lipinski definition) is 0. The Balaban J connectivity index is 1.72. The smallest absolute Gasteiger partial charge is 0.260 e. The lowest BCUT2D eigenvalue weighted by molar-refractivity contribution is 0.0917. The monoisotopic (exact) mass is 390 g/mol. The van der Waals surface area contributed by atoms with Crippen molar-refractivity contribution in [3.8, 4) is 0 Å². The second-order valence-electron chi connectivity index (χ2n) is 6.17. The van der Waals surface area contributed by atoms with Gasteiger partial charge in [-0.15, -0.1) is 0 Å². The molecule has 7 heteroatoms. The Morgan fingerprint density at radius 3 is 3.00 bits per heavy atom. The summed E-state index contributed by atoms with van der Waals surface area (Å²) in [6.07, 6.45) is 1.83. The van der Waals surface area contributed by atoms with E-state index in [0.717, 1.165) is 23.1 Å². The molecule has 0 saturated carbocycles. The van der Waals surface area contributed by atoms with Crippen LogP contribution < -0.4 is 4.90 Å². The van der Waals surface area contributed by atoms with Gasteiger partial charge in [0.25, 0.3) is 5.91 Å². The molecule has 134 valence electrons.